The Balaban J connectivity index is 1.35. The van der Waals surface area contributed by atoms with Crippen LogP contribution in [0.5, 0.6) is 5.75 Å². The maximum Gasteiger partial charge on any atom is 0.345 e. The van der Waals surface area contributed by atoms with Crippen molar-refractivity contribution < 1.29 is 4.74 Å². The van der Waals surface area contributed by atoms with Gasteiger partial charge in [-0.3, -0.25) is 0 Å². The lowest BCUT2D eigenvalue weighted by Crippen LogP contribution is -2.41. The van der Waals surface area contributed by atoms with Crippen LogP contribution in [0.1, 0.15) is 12.5 Å². The SMILES string of the molecule is C\C=C/C=C\C(=N\B(c1ccc(N(c2ccccc2)c2ccccc2)cc1)c1ccc(N(c2ccccc2)c2ccccc2)cc1)c1ccccc1OC. The molecule has 0 atom stereocenters. The monoisotopic (exact) mass is 699 g/mol. The first-order valence-corrected chi connectivity index (χ1v) is 18.2. The second kappa shape index (κ2) is 17.6. The fourth-order valence-corrected chi connectivity index (χ4v) is 6.61. The van der Waals surface area contributed by atoms with Crippen LogP contribution in [-0.2, 0) is 0 Å². The van der Waals surface area contributed by atoms with E-state index >= 15 is 0 Å². The van der Waals surface area contributed by atoms with E-state index in [1.807, 2.05) is 67.6 Å². The zero-order chi connectivity index (χ0) is 37.0. The molecule has 0 radical (unpaired) electrons. The maximum atomic E-state index is 5.83. The van der Waals surface area contributed by atoms with Crippen LogP contribution in [0.3, 0.4) is 0 Å². The summed E-state index contributed by atoms with van der Waals surface area (Å²) in [6.45, 7) is 1.70. The zero-order valence-electron chi connectivity index (χ0n) is 30.6. The third-order valence-electron chi connectivity index (χ3n) is 9.20. The second-order valence-corrected chi connectivity index (χ2v) is 12.7. The highest BCUT2D eigenvalue weighted by atomic mass is 16.5. The Morgan fingerprint density at radius 1 is 0.463 bits per heavy atom. The number of nitrogens with zero attached hydrogens (tertiary/aromatic N) is 3. The van der Waals surface area contributed by atoms with E-state index in [1.54, 1.807) is 7.11 Å². The molecule has 0 saturated carbocycles. The Bertz CT molecular complexity index is 2100. The Kier molecular flexibility index (Phi) is 11.6. The standard InChI is InChI=1S/C49H42BN3O/c1-3-4-9-29-48(47-28-18-19-30-49(47)54-2)51-50(39-31-35-45(36-32-39)52(41-20-10-5-11-21-41)42-22-12-6-13-23-42)40-33-37-46(38-34-40)53(43-24-14-7-15-25-43)44-26-16-8-17-27-44/h3-38H,1-2H3/b4-3-,29-9-,51-48-. The minimum Gasteiger partial charge on any atom is -0.496 e. The molecular weight excluding hydrogens is 657 g/mol. The number of allylic oxidation sites excluding steroid dienone is 4. The minimum atomic E-state index is -0.313. The van der Waals surface area contributed by atoms with E-state index in [9.17, 15) is 0 Å². The first kappa shape index (κ1) is 35.6. The summed E-state index contributed by atoms with van der Waals surface area (Å²) in [5.74, 6) is 0.772. The van der Waals surface area contributed by atoms with E-state index in [0.29, 0.717) is 0 Å². The fraction of sp³-hybridized carbons (Fsp3) is 0.0408. The summed E-state index contributed by atoms with van der Waals surface area (Å²) in [4.78, 5) is 10.1. The molecular formula is C49H42BN3O. The van der Waals surface area contributed by atoms with Gasteiger partial charge >= 0.3 is 6.85 Å². The van der Waals surface area contributed by atoms with Gasteiger partial charge in [0.25, 0.3) is 0 Å². The molecule has 7 aromatic carbocycles. The third-order valence-corrected chi connectivity index (χ3v) is 9.20. The van der Waals surface area contributed by atoms with Gasteiger partial charge in [-0.2, -0.15) is 0 Å². The molecule has 0 aliphatic rings. The van der Waals surface area contributed by atoms with E-state index < -0.39 is 0 Å². The van der Waals surface area contributed by atoms with Crippen LogP contribution in [0.2, 0.25) is 0 Å². The molecule has 0 saturated heterocycles. The number of benzene rings is 7. The van der Waals surface area contributed by atoms with Crippen molar-refractivity contribution in [2.24, 2.45) is 4.90 Å². The molecule has 5 heteroatoms. The van der Waals surface area contributed by atoms with Gasteiger partial charge in [0, 0.05) is 39.7 Å². The van der Waals surface area contributed by atoms with Crippen molar-refractivity contribution in [3.8, 4) is 5.75 Å². The Morgan fingerprint density at radius 2 is 0.833 bits per heavy atom. The third kappa shape index (κ3) is 8.27. The lowest BCUT2D eigenvalue weighted by atomic mass is 9.51. The van der Waals surface area contributed by atoms with Crippen molar-refractivity contribution in [2.75, 3.05) is 16.9 Å². The van der Waals surface area contributed by atoms with E-state index in [4.69, 9.17) is 9.64 Å². The molecule has 0 aromatic heterocycles. The van der Waals surface area contributed by atoms with Crippen LogP contribution < -0.4 is 25.5 Å². The first-order valence-electron chi connectivity index (χ1n) is 18.2. The molecule has 0 bridgehead atoms. The average Bonchev–Trinajstić information content (AvgIpc) is 3.25. The average molecular weight is 700 g/mol. The molecule has 0 aliphatic heterocycles. The van der Waals surface area contributed by atoms with E-state index in [-0.39, 0.29) is 6.85 Å². The van der Waals surface area contributed by atoms with E-state index in [0.717, 1.165) is 62.1 Å². The molecule has 0 fully saturated rings. The number of hydrogen-bond donors (Lipinski definition) is 0. The smallest absolute Gasteiger partial charge is 0.345 e. The molecule has 0 N–H and O–H groups in total. The van der Waals surface area contributed by atoms with Crippen LogP contribution in [0.4, 0.5) is 34.1 Å². The van der Waals surface area contributed by atoms with Crippen molar-refractivity contribution in [3.05, 3.63) is 224 Å². The van der Waals surface area contributed by atoms with E-state index in [1.165, 1.54) is 0 Å². The highest BCUT2D eigenvalue weighted by Crippen LogP contribution is 2.35. The number of ether oxygens (including phenoxy) is 1. The largest absolute Gasteiger partial charge is 0.496 e. The van der Waals surface area contributed by atoms with Gasteiger partial charge in [0.2, 0.25) is 0 Å². The van der Waals surface area contributed by atoms with Gasteiger partial charge in [0.15, 0.2) is 0 Å². The number of para-hydroxylation sites is 5. The quantitative estimate of drug-likeness (QED) is 0.0681. The molecule has 0 spiro atoms. The van der Waals surface area contributed by atoms with Crippen molar-refractivity contribution in [1.29, 1.82) is 0 Å². The lowest BCUT2D eigenvalue weighted by molar-refractivity contribution is 0.414. The maximum absolute atomic E-state index is 5.83. The van der Waals surface area contributed by atoms with E-state index in [2.05, 4.69) is 168 Å². The van der Waals surface area contributed by atoms with Gasteiger partial charge < -0.3 is 19.4 Å². The molecule has 7 aromatic rings. The van der Waals surface area contributed by atoms with Crippen LogP contribution in [0, 0.1) is 0 Å². The molecule has 54 heavy (non-hydrogen) atoms. The van der Waals surface area contributed by atoms with Crippen molar-refractivity contribution >= 4 is 57.6 Å². The Hall–Kier alpha value is -6.85. The predicted molar refractivity (Wildman–Crippen MR) is 231 cm³/mol. The Morgan fingerprint density at radius 3 is 1.22 bits per heavy atom. The molecule has 0 aliphatic carbocycles. The summed E-state index contributed by atoms with van der Waals surface area (Å²) in [6, 6.07) is 67.5. The highest BCUT2D eigenvalue weighted by Gasteiger charge is 2.23. The Labute approximate surface area is 319 Å². The first-order chi connectivity index (χ1) is 26.7. The summed E-state index contributed by atoms with van der Waals surface area (Å²) in [5, 5.41) is 0. The number of hydrogen-bond acceptors (Lipinski definition) is 4. The summed E-state index contributed by atoms with van der Waals surface area (Å²) in [7, 11) is 1.71. The predicted octanol–water partition coefficient (Wildman–Crippen LogP) is 11.4. The van der Waals surface area contributed by atoms with Crippen LogP contribution in [-0.4, -0.2) is 19.7 Å². The van der Waals surface area contributed by atoms with Crippen LogP contribution >= 0.6 is 0 Å². The number of methoxy groups -OCH3 is 1. The number of anilines is 6. The topological polar surface area (TPSA) is 28.1 Å². The van der Waals surface area contributed by atoms with Crippen molar-refractivity contribution in [2.45, 2.75) is 6.92 Å². The van der Waals surface area contributed by atoms with Gasteiger partial charge in [0.1, 0.15) is 5.75 Å². The second-order valence-electron chi connectivity index (χ2n) is 12.7. The van der Waals surface area contributed by atoms with Crippen LogP contribution in [0.15, 0.2) is 223 Å². The van der Waals surface area contributed by atoms with Gasteiger partial charge in [-0.15, -0.1) is 0 Å². The van der Waals surface area contributed by atoms with Crippen molar-refractivity contribution in [1.82, 2.24) is 0 Å². The summed E-state index contributed by atoms with van der Waals surface area (Å²) in [5.41, 5.74) is 10.4. The number of rotatable bonds is 13. The minimum absolute atomic E-state index is 0.313. The lowest BCUT2D eigenvalue weighted by Gasteiger charge is -2.26. The van der Waals surface area contributed by atoms with Gasteiger partial charge in [0.05, 0.1) is 12.8 Å². The van der Waals surface area contributed by atoms with Gasteiger partial charge in [-0.1, -0.05) is 127 Å². The molecule has 0 heterocycles. The fourth-order valence-electron chi connectivity index (χ4n) is 6.61. The van der Waals surface area contributed by atoms with Crippen molar-refractivity contribution in [3.63, 3.8) is 0 Å². The molecule has 7 rings (SSSR count). The van der Waals surface area contributed by atoms with Gasteiger partial charge in [-0.25, -0.2) is 0 Å². The normalized spacial score (nSPS) is 11.5. The highest BCUT2D eigenvalue weighted by molar-refractivity contribution is 6.84. The molecule has 262 valence electrons. The summed E-state index contributed by atoms with van der Waals surface area (Å²) >= 11 is 0. The molecule has 0 amide bonds. The summed E-state index contributed by atoms with van der Waals surface area (Å²) < 4.78 is 5.83. The molecule has 4 nitrogen and oxygen atoms in total. The molecule has 0 unspecified atom stereocenters. The van der Waals surface area contributed by atoms with Gasteiger partial charge in [-0.05, 0) is 109 Å². The summed E-state index contributed by atoms with van der Waals surface area (Å²) in [6.07, 6.45) is 8.13. The zero-order valence-corrected chi connectivity index (χ0v) is 30.6. The van der Waals surface area contributed by atoms with Crippen LogP contribution in [0.25, 0.3) is 0 Å².